The van der Waals surface area contributed by atoms with Gasteiger partial charge in [0, 0.05) is 32.6 Å². The number of ether oxygens (including phenoxy) is 3. The van der Waals surface area contributed by atoms with E-state index in [4.69, 9.17) is 19.2 Å². The van der Waals surface area contributed by atoms with Gasteiger partial charge in [-0.2, -0.15) is 0 Å². The van der Waals surface area contributed by atoms with Crippen molar-refractivity contribution in [2.75, 3.05) is 34.4 Å². The van der Waals surface area contributed by atoms with Crippen LogP contribution in [0.5, 0.6) is 5.75 Å². The number of aliphatic hydroxyl groups excluding tert-OH is 1. The highest BCUT2D eigenvalue weighted by molar-refractivity contribution is 5.98. The van der Waals surface area contributed by atoms with Gasteiger partial charge in [-0.15, -0.1) is 0 Å². The van der Waals surface area contributed by atoms with E-state index in [2.05, 4.69) is 5.32 Å². The lowest BCUT2D eigenvalue weighted by atomic mass is 9.81. The summed E-state index contributed by atoms with van der Waals surface area (Å²) in [6, 6.07) is 2.89. The van der Waals surface area contributed by atoms with E-state index in [1.807, 2.05) is 60.6 Å². The van der Waals surface area contributed by atoms with Crippen LogP contribution in [0.4, 0.5) is 0 Å². The van der Waals surface area contributed by atoms with Gasteiger partial charge in [-0.05, 0) is 80.6 Å². The van der Waals surface area contributed by atoms with Crippen molar-refractivity contribution < 1.29 is 43.3 Å². The number of nitrogens with one attached hydrogen (secondary N) is 1. The second kappa shape index (κ2) is 20.2. The van der Waals surface area contributed by atoms with Gasteiger partial charge in [0.05, 0.1) is 19.1 Å². The molecule has 1 saturated heterocycles. The van der Waals surface area contributed by atoms with E-state index < -0.39 is 77.4 Å². The molecule has 14 heteroatoms. The van der Waals surface area contributed by atoms with Gasteiger partial charge in [0.1, 0.15) is 48.7 Å². The van der Waals surface area contributed by atoms with E-state index in [9.17, 15) is 29.1 Å². The van der Waals surface area contributed by atoms with Gasteiger partial charge < -0.3 is 39.3 Å². The molecule has 2 unspecified atom stereocenters. The van der Waals surface area contributed by atoms with Gasteiger partial charge in [0.15, 0.2) is 5.90 Å². The normalized spacial score (nSPS) is 31.5. The number of benzene rings is 1. The molecule has 59 heavy (non-hydrogen) atoms. The molecule has 4 rings (SSSR count). The number of cyclic esters (lactones) is 1. The van der Waals surface area contributed by atoms with E-state index in [1.54, 1.807) is 51.1 Å². The van der Waals surface area contributed by atoms with Crippen molar-refractivity contribution in [3.05, 3.63) is 41.5 Å². The minimum absolute atomic E-state index is 0.0490. The Balaban J connectivity index is 1.74. The lowest BCUT2D eigenvalue weighted by Crippen LogP contribution is -2.59. The Morgan fingerprint density at radius 2 is 1.64 bits per heavy atom. The van der Waals surface area contributed by atoms with Crippen molar-refractivity contribution in [3.63, 3.8) is 0 Å². The molecule has 1 fully saturated rings. The number of aliphatic hydroxyl groups is 1. The molecule has 0 aliphatic carbocycles. The summed E-state index contributed by atoms with van der Waals surface area (Å²) in [4.78, 5) is 80.1. The quantitative estimate of drug-likeness (QED) is 0.405. The summed E-state index contributed by atoms with van der Waals surface area (Å²) in [6.45, 7) is 17.5. The van der Waals surface area contributed by atoms with E-state index in [-0.39, 0.29) is 30.8 Å². The summed E-state index contributed by atoms with van der Waals surface area (Å²) in [5.74, 6) is -1.98. The maximum atomic E-state index is 14.6. The highest BCUT2D eigenvalue weighted by Crippen LogP contribution is 2.33. The predicted molar refractivity (Wildman–Crippen MR) is 225 cm³/mol. The van der Waals surface area contributed by atoms with Crippen LogP contribution in [0.25, 0.3) is 0 Å². The Morgan fingerprint density at radius 3 is 2.25 bits per heavy atom. The zero-order valence-corrected chi connectivity index (χ0v) is 37.3. The van der Waals surface area contributed by atoms with Crippen molar-refractivity contribution in [3.8, 4) is 5.75 Å². The maximum absolute atomic E-state index is 14.6. The van der Waals surface area contributed by atoms with Crippen LogP contribution in [0.15, 0.2) is 40.9 Å². The molecule has 1 aromatic carbocycles. The first-order valence-electron chi connectivity index (χ1n) is 21.2. The summed E-state index contributed by atoms with van der Waals surface area (Å²) in [7, 11) is 4.64. The van der Waals surface area contributed by atoms with Gasteiger partial charge in [0.25, 0.3) is 0 Å². The Labute approximate surface area is 351 Å². The number of esters is 1. The number of rotatable bonds is 5. The van der Waals surface area contributed by atoms with Crippen LogP contribution in [-0.4, -0.2) is 132 Å². The monoisotopic (exact) mass is 824 g/mol. The van der Waals surface area contributed by atoms with Crippen molar-refractivity contribution >= 4 is 35.5 Å². The molecular weight excluding hydrogens is 755 g/mol. The fourth-order valence-electron chi connectivity index (χ4n) is 8.11. The second-order valence-electron chi connectivity index (χ2n) is 18.1. The van der Waals surface area contributed by atoms with Crippen LogP contribution in [0.2, 0.25) is 0 Å². The van der Waals surface area contributed by atoms with Crippen LogP contribution < -0.4 is 10.1 Å². The number of hydrogen-bond donors (Lipinski definition) is 2. The highest BCUT2D eigenvalue weighted by Gasteiger charge is 2.44. The fourth-order valence-corrected chi connectivity index (χ4v) is 8.11. The molecular formula is C45H69N5O9. The summed E-state index contributed by atoms with van der Waals surface area (Å²) in [5.41, 5.74) is 0.654. The number of likely N-dealkylation sites (N-methyl/N-ethyl adjacent to an activating group) is 2. The molecule has 14 nitrogen and oxygen atoms in total. The molecule has 4 amide bonds. The molecule has 328 valence electrons. The average Bonchev–Trinajstić information content (AvgIpc) is 3.89. The Hall–Kier alpha value is -4.46. The Bertz CT molecular complexity index is 1720. The van der Waals surface area contributed by atoms with Crippen LogP contribution >= 0.6 is 0 Å². The molecule has 0 radical (unpaired) electrons. The highest BCUT2D eigenvalue weighted by atomic mass is 16.5. The van der Waals surface area contributed by atoms with Gasteiger partial charge >= 0.3 is 5.97 Å². The Morgan fingerprint density at radius 1 is 0.983 bits per heavy atom. The molecule has 2 bridgehead atoms. The lowest BCUT2D eigenvalue weighted by Gasteiger charge is -2.39. The van der Waals surface area contributed by atoms with E-state index in [0.29, 0.717) is 55.9 Å². The predicted octanol–water partition coefficient (Wildman–Crippen LogP) is 4.56. The molecule has 3 heterocycles. The van der Waals surface area contributed by atoms with Gasteiger partial charge in [-0.1, -0.05) is 67.0 Å². The van der Waals surface area contributed by atoms with Crippen molar-refractivity contribution in [1.82, 2.24) is 20.0 Å². The largest absolute Gasteiger partial charge is 0.497 e. The van der Waals surface area contributed by atoms with Crippen LogP contribution in [-0.2, 0) is 39.9 Å². The topological polar surface area (TPSA) is 167 Å². The molecule has 3 aliphatic heterocycles. The number of carbonyl (C=O) groups is 5. The lowest BCUT2D eigenvalue weighted by molar-refractivity contribution is -0.166. The van der Waals surface area contributed by atoms with Crippen LogP contribution in [0.3, 0.4) is 0 Å². The number of amides is 4. The molecule has 0 spiro atoms. The number of nitrogens with zero attached hydrogens (tertiary/aromatic N) is 4. The summed E-state index contributed by atoms with van der Waals surface area (Å²) in [5, 5.41) is 14.3. The molecule has 0 aromatic heterocycles. The van der Waals surface area contributed by atoms with Gasteiger partial charge in [-0.3, -0.25) is 19.2 Å². The van der Waals surface area contributed by atoms with E-state index in [0.717, 1.165) is 5.56 Å². The standard InChI is InChI=1S/C45H69N5O9/c1-13-27(3)38-43(55)50-20-14-15-35(50)44(56)59-37(45(7,8)9)22-26(2)21-36(51)29(5)40-46-32(25-58-40)23-28(4)39(52)47-34(24-31-16-18-33(57-12)19-17-31)42(54)48(10)30(6)41(53)49(38)11/h16-19,23,26-27,29-30,32,34-38,51H,13-15,20-22,24-25H2,1-12H3,(H,47,52)/b28-23+/t26-,27?,29-,30-,32-,34-,35-,36-,37-,38?/m0/s1. The van der Waals surface area contributed by atoms with Gasteiger partial charge in [-0.25, -0.2) is 9.79 Å². The summed E-state index contributed by atoms with van der Waals surface area (Å²) >= 11 is 0. The number of hydrogen-bond acceptors (Lipinski definition) is 10. The molecule has 3 aliphatic rings. The number of carbonyl (C=O) groups excluding carboxylic acids is 5. The SMILES string of the molecule is CCC(C)C1C(=O)N2CCC[C@H]2C(=O)O[C@H](C(C)(C)C)C[C@@H](C)C[C@H](O)[C@H](C)C2=N[C@@H](/C=C(\C)C(=O)N[C@@H](Cc3ccc(OC)cc3)C(=O)N(C)[C@@H](C)C(=O)N1C)CO2. The first-order chi connectivity index (χ1) is 27.7. The third kappa shape index (κ3) is 11.6. The zero-order chi connectivity index (χ0) is 43.9. The first-order valence-corrected chi connectivity index (χ1v) is 21.2. The van der Waals surface area contributed by atoms with Gasteiger partial charge in [0.2, 0.25) is 23.6 Å². The average molecular weight is 824 g/mol. The maximum Gasteiger partial charge on any atom is 0.329 e. The van der Waals surface area contributed by atoms with Crippen LogP contribution in [0, 0.1) is 23.2 Å². The van der Waals surface area contributed by atoms with Crippen molar-refractivity contribution in [1.29, 1.82) is 0 Å². The Kier molecular flexibility index (Phi) is 16.2. The zero-order valence-electron chi connectivity index (χ0n) is 37.3. The minimum atomic E-state index is -1.06. The first kappa shape index (κ1) is 47.2. The number of methoxy groups -OCH3 is 1. The third-order valence-electron chi connectivity index (χ3n) is 12.4. The fraction of sp³-hybridized carbons (Fsp3) is 0.689. The second-order valence-corrected chi connectivity index (χ2v) is 18.1. The minimum Gasteiger partial charge on any atom is -0.497 e. The number of aliphatic imine (C=N–C) groups is 1. The molecule has 1 aromatic rings. The summed E-state index contributed by atoms with van der Waals surface area (Å²) in [6.07, 6.45) is 3.02. The van der Waals surface area contributed by atoms with Crippen molar-refractivity contribution in [2.24, 2.45) is 28.2 Å². The van der Waals surface area contributed by atoms with Crippen molar-refractivity contribution in [2.45, 2.75) is 143 Å². The van der Waals surface area contributed by atoms with E-state index in [1.165, 1.54) is 16.8 Å². The molecule has 0 saturated carbocycles. The third-order valence-corrected chi connectivity index (χ3v) is 12.4. The molecule has 10 atom stereocenters. The number of fused-ring (bicyclic) bond motifs is 2. The smallest absolute Gasteiger partial charge is 0.329 e. The van der Waals surface area contributed by atoms with Crippen LogP contribution in [0.1, 0.15) is 100.0 Å². The summed E-state index contributed by atoms with van der Waals surface area (Å²) < 4.78 is 17.5. The molecule has 2 N–H and O–H groups in total. The van der Waals surface area contributed by atoms with E-state index >= 15 is 0 Å².